The minimum atomic E-state index is -3.51. The third-order valence-corrected chi connectivity index (χ3v) is 8.13. The Morgan fingerprint density at radius 2 is 1.70 bits per heavy atom. The van der Waals surface area contributed by atoms with Crippen LogP contribution in [0, 0.1) is 10.8 Å². The monoisotopic (exact) mass is 339 g/mol. The summed E-state index contributed by atoms with van der Waals surface area (Å²) in [5, 5.41) is 4.90. The fourth-order valence-electron chi connectivity index (χ4n) is 4.42. The summed E-state index contributed by atoms with van der Waals surface area (Å²) in [5.41, 5.74) is 1.72. The molecule has 0 amide bonds. The molecule has 0 unspecified atom stereocenters. The number of hydrogen-bond acceptors (Lipinski definition) is 4. The fourth-order valence-corrected chi connectivity index (χ4v) is 6.48. The van der Waals surface area contributed by atoms with Crippen molar-refractivity contribution in [3.05, 3.63) is 11.3 Å². The van der Waals surface area contributed by atoms with E-state index in [1.807, 2.05) is 0 Å². The van der Waals surface area contributed by atoms with Gasteiger partial charge in [0.1, 0.15) is 0 Å². The number of sulfonamides is 1. The Morgan fingerprint density at radius 3 is 2.35 bits per heavy atom. The molecule has 0 radical (unpaired) electrons. The van der Waals surface area contributed by atoms with Gasteiger partial charge >= 0.3 is 0 Å². The SMILES string of the molecule is Cn1nc2c(c1S(=O)(=O)N1C[C@]3(C)COC[C@]3(C)C1)CCCC2. The zero-order valence-corrected chi connectivity index (χ0v) is 14.9. The molecule has 3 aliphatic rings. The second kappa shape index (κ2) is 4.80. The maximum absolute atomic E-state index is 13.3. The van der Waals surface area contributed by atoms with Crippen molar-refractivity contribution in [2.75, 3.05) is 26.3 Å². The lowest BCUT2D eigenvalue weighted by atomic mass is 9.71. The molecule has 4 rings (SSSR count). The summed E-state index contributed by atoms with van der Waals surface area (Å²) in [6.07, 6.45) is 3.86. The number of rotatable bonds is 2. The van der Waals surface area contributed by atoms with Crippen molar-refractivity contribution in [1.29, 1.82) is 0 Å². The quantitative estimate of drug-likeness (QED) is 0.816. The topological polar surface area (TPSA) is 64.4 Å². The van der Waals surface area contributed by atoms with Gasteiger partial charge in [-0.15, -0.1) is 0 Å². The molecule has 3 heterocycles. The summed E-state index contributed by atoms with van der Waals surface area (Å²) >= 11 is 0. The van der Waals surface area contributed by atoms with Gasteiger partial charge in [0.25, 0.3) is 10.0 Å². The lowest BCUT2D eigenvalue weighted by Crippen LogP contribution is -2.34. The van der Waals surface area contributed by atoms with E-state index in [1.165, 1.54) is 0 Å². The molecule has 2 aliphatic heterocycles. The molecule has 1 aliphatic carbocycles. The van der Waals surface area contributed by atoms with E-state index in [0.29, 0.717) is 31.3 Å². The lowest BCUT2D eigenvalue weighted by molar-refractivity contribution is 0.145. The average Bonchev–Trinajstić information content (AvgIpc) is 3.03. The summed E-state index contributed by atoms with van der Waals surface area (Å²) in [5.74, 6) is 0. The van der Waals surface area contributed by atoms with E-state index in [-0.39, 0.29) is 10.8 Å². The smallest absolute Gasteiger partial charge is 0.260 e. The van der Waals surface area contributed by atoms with Gasteiger partial charge in [-0.2, -0.15) is 9.40 Å². The van der Waals surface area contributed by atoms with Crippen LogP contribution >= 0.6 is 0 Å². The van der Waals surface area contributed by atoms with Crippen molar-refractivity contribution in [1.82, 2.24) is 14.1 Å². The number of ether oxygens (including phenoxy) is 1. The zero-order chi connectivity index (χ0) is 16.5. The van der Waals surface area contributed by atoms with E-state index in [9.17, 15) is 8.42 Å². The highest BCUT2D eigenvalue weighted by Crippen LogP contribution is 2.51. The van der Waals surface area contributed by atoms with Crippen molar-refractivity contribution in [3.63, 3.8) is 0 Å². The molecule has 128 valence electrons. The van der Waals surface area contributed by atoms with Crippen molar-refractivity contribution in [2.24, 2.45) is 17.9 Å². The first-order valence-electron chi connectivity index (χ1n) is 8.40. The molecule has 7 heteroatoms. The van der Waals surface area contributed by atoms with Crippen molar-refractivity contribution in [2.45, 2.75) is 44.6 Å². The van der Waals surface area contributed by atoms with Crippen LogP contribution in [0.25, 0.3) is 0 Å². The van der Waals surface area contributed by atoms with Gasteiger partial charge < -0.3 is 4.74 Å². The van der Waals surface area contributed by atoms with Crippen LogP contribution in [-0.4, -0.2) is 48.8 Å². The second-order valence-corrected chi connectivity index (χ2v) is 9.80. The Bertz CT molecular complexity index is 739. The summed E-state index contributed by atoms with van der Waals surface area (Å²) < 4.78 is 35.6. The maximum atomic E-state index is 13.3. The maximum Gasteiger partial charge on any atom is 0.260 e. The summed E-state index contributed by atoms with van der Waals surface area (Å²) in [7, 11) is -1.75. The van der Waals surface area contributed by atoms with Crippen LogP contribution in [-0.2, 0) is 34.6 Å². The van der Waals surface area contributed by atoms with Gasteiger partial charge in [0.05, 0.1) is 18.9 Å². The van der Waals surface area contributed by atoms with Gasteiger partial charge in [0, 0.05) is 36.5 Å². The Morgan fingerprint density at radius 1 is 1.09 bits per heavy atom. The fraction of sp³-hybridized carbons (Fsp3) is 0.812. The minimum Gasteiger partial charge on any atom is -0.380 e. The average molecular weight is 339 g/mol. The third kappa shape index (κ3) is 2.06. The number of nitrogens with zero attached hydrogens (tertiary/aromatic N) is 3. The van der Waals surface area contributed by atoms with E-state index in [1.54, 1.807) is 16.0 Å². The molecule has 0 saturated carbocycles. The molecule has 6 nitrogen and oxygen atoms in total. The third-order valence-electron chi connectivity index (χ3n) is 6.19. The van der Waals surface area contributed by atoms with Crippen molar-refractivity contribution < 1.29 is 13.2 Å². The summed E-state index contributed by atoms with van der Waals surface area (Å²) in [6.45, 7) is 6.64. The Balaban J connectivity index is 1.74. The second-order valence-electron chi connectivity index (χ2n) is 7.95. The zero-order valence-electron chi connectivity index (χ0n) is 14.1. The highest BCUT2D eigenvalue weighted by molar-refractivity contribution is 7.89. The van der Waals surface area contributed by atoms with Crippen molar-refractivity contribution >= 4 is 10.0 Å². The van der Waals surface area contributed by atoms with E-state index >= 15 is 0 Å². The number of fused-ring (bicyclic) bond motifs is 2. The minimum absolute atomic E-state index is 0.0985. The van der Waals surface area contributed by atoms with Crippen LogP contribution < -0.4 is 0 Å². The van der Waals surface area contributed by atoms with Gasteiger partial charge in [-0.05, 0) is 25.7 Å². The van der Waals surface area contributed by atoms with E-state index < -0.39 is 10.0 Å². The first-order valence-corrected chi connectivity index (χ1v) is 9.84. The molecule has 0 spiro atoms. The highest BCUT2D eigenvalue weighted by atomic mass is 32.2. The van der Waals surface area contributed by atoms with Crippen LogP contribution in [0.15, 0.2) is 5.03 Å². The Labute approximate surface area is 137 Å². The molecule has 1 aromatic rings. The van der Waals surface area contributed by atoms with Crippen LogP contribution in [0.1, 0.15) is 37.9 Å². The number of hydrogen-bond donors (Lipinski definition) is 0. The molecule has 2 fully saturated rings. The highest BCUT2D eigenvalue weighted by Gasteiger charge is 2.58. The first kappa shape index (κ1) is 15.6. The molecule has 1 aromatic heterocycles. The van der Waals surface area contributed by atoms with Gasteiger partial charge in [0.15, 0.2) is 5.03 Å². The molecule has 2 atom stereocenters. The standard InChI is InChI=1S/C16H25N3O3S/c1-15-8-19(9-16(15,2)11-22-10-15)23(20,21)14-12-6-4-5-7-13(12)17-18(14)3/h4-11H2,1-3H3/t15-,16+. The Kier molecular flexibility index (Phi) is 3.26. The molecule has 0 bridgehead atoms. The van der Waals surface area contributed by atoms with Crippen LogP contribution in [0.3, 0.4) is 0 Å². The molecule has 0 aromatic carbocycles. The van der Waals surface area contributed by atoms with Gasteiger partial charge in [-0.1, -0.05) is 13.8 Å². The van der Waals surface area contributed by atoms with Gasteiger partial charge in [-0.25, -0.2) is 8.42 Å². The molecule has 2 saturated heterocycles. The van der Waals surface area contributed by atoms with E-state index in [4.69, 9.17) is 4.74 Å². The summed E-state index contributed by atoms with van der Waals surface area (Å²) in [6, 6.07) is 0. The molecular weight excluding hydrogens is 314 g/mol. The van der Waals surface area contributed by atoms with Crippen molar-refractivity contribution in [3.8, 4) is 0 Å². The molecular formula is C16H25N3O3S. The normalized spacial score (nSPS) is 34.6. The van der Waals surface area contributed by atoms with Gasteiger partial charge in [0.2, 0.25) is 0 Å². The van der Waals surface area contributed by atoms with E-state index in [2.05, 4.69) is 18.9 Å². The molecule has 0 N–H and O–H groups in total. The van der Waals surface area contributed by atoms with E-state index in [0.717, 1.165) is 36.9 Å². The number of aromatic nitrogens is 2. The Hall–Kier alpha value is -0.920. The summed E-state index contributed by atoms with van der Waals surface area (Å²) in [4.78, 5) is 0. The van der Waals surface area contributed by atoms with Gasteiger partial charge in [-0.3, -0.25) is 4.68 Å². The predicted molar refractivity (Wildman–Crippen MR) is 85.6 cm³/mol. The largest absolute Gasteiger partial charge is 0.380 e. The van der Waals surface area contributed by atoms with Crippen LogP contribution in [0.4, 0.5) is 0 Å². The van der Waals surface area contributed by atoms with Crippen LogP contribution in [0.2, 0.25) is 0 Å². The predicted octanol–water partition coefficient (Wildman–Crippen LogP) is 1.35. The number of aryl methyl sites for hydroxylation is 2. The molecule has 23 heavy (non-hydrogen) atoms. The first-order chi connectivity index (χ1) is 10.8. The lowest BCUT2D eigenvalue weighted by Gasteiger charge is -2.29. The van der Waals surface area contributed by atoms with Crippen LogP contribution in [0.5, 0.6) is 0 Å².